The Morgan fingerprint density at radius 2 is 2.08 bits per heavy atom. The molecule has 0 bridgehead atoms. The lowest BCUT2D eigenvalue weighted by atomic mass is 10.1. The Bertz CT molecular complexity index is 920. The molecule has 0 fully saturated rings. The number of halogens is 1. The van der Waals surface area contributed by atoms with Gasteiger partial charge in [0.1, 0.15) is 0 Å². The van der Waals surface area contributed by atoms with Gasteiger partial charge >= 0.3 is 0 Å². The van der Waals surface area contributed by atoms with Crippen LogP contribution in [0, 0.1) is 5.82 Å². The summed E-state index contributed by atoms with van der Waals surface area (Å²) in [6.45, 7) is 0.0283. The molecule has 0 aliphatic rings. The van der Waals surface area contributed by atoms with Crippen LogP contribution in [-0.2, 0) is 7.05 Å². The molecule has 1 amide bonds. The van der Waals surface area contributed by atoms with Crippen LogP contribution in [-0.4, -0.2) is 29.2 Å². The maximum absolute atomic E-state index is 13.7. The van der Waals surface area contributed by atoms with E-state index >= 15 is 0 Å². The number of nitrogens with one attached hydrogen (secondary N) is 1. The van der Waals surface area contributed by atoms with Crippen LogP contribution >= 0.6 is 0 Å². The van der Waals surface area contributed by atoms with Gasteiger partial charge < -0.3 is 19.7 Å². The van der Waals surface area contributed by atoms with Crippen LogP contribution < -0.4 is 10.1 Å². The van der Waals surface area contributed by atoms with Crippen molar-refractivity contribution in [2.45, 2.75) is 6.10 Å². The van der Waals surface area contributed by atoms with Crippen LogP contribution in [0.5, 0.6) is 5.75 Å². The summed E-state index contributed by atoms with van der Waals surface area (Å²) < 4.78 is 20.4. The number of carbonyl (C=O) groups excluding carboxylic acids is 1. The summed E-state index contributed by atoms with van der Waals surface area (Å²) in [6, 6.07) is 11.7. The molecule has 2 N–H and O–H groups in total. The molecule has 6 heteroatoms. The molecule has 1 heterocycles. The number of rotatable bonds is 5. The summed E-state index contributed by atoms with van der Waals surface area (Å²) in [4.78, 5) is 12.2. The normalized spacial score (nSPS) is 12.2. The quantitative estimate of drug-likeness (QED) is 0.749. The Hall–Kier alpha value is -2.86. The van der Waals surface area contributed by atoms with Crippen LogP contribution in [0.4, 0.5) is 4.39 Å². The van der Waals surface area contributed by atoms with E-state index in [1.54, 1.807) is 0 Å². The summed E-state index contributed by atoms with van der Waals surface area (Å²) in [7, 11) is 3.26. The number of methoxy groups -OCH3 is 1. The van der Waals surface area contributed by atoms with Gasteiger partial charge in [0.05, 0.1) is 13.2 Å². The molecule has 0 aliphatic carbocycles. The van der Waals surface area contributed by atoms with Crippen molar-refractivity contribution in [1.29, 1.82) is 0 Å². The number of hydrogen-bond donors (Lipinski definition) is 2. The van der Waals surface area contributed by atoms with E-state index in [0.29, 0.717) is 0 Å². The summed E-state index contributed by atoms with van der Waals surface area (Å²) in [5.41, 5.74) is 1.91. The van der Waals surface area contributed by atoms with E-state index in [1.165, 1.54) is 19.2 Å². The van der Waals surface area contributed by atoms with Crippen molar-refractivity contribution in [2.75, 3.05) is 13.7 Å². The predicted octanol–water partition coefficient (Wildman–Crippen LogP) is 2.79. The number of hydrogen-bond acceptors (Lipinski definition) is 3. The number of nitrogens with zero attached hydrogens (tertiary/aromatic N) is 1. The molecular weight excluding hydrogens is 323 g/mol. The number of aliphatic hydroxyl groups is 1. The maximum Gasteiger partial charge on any atom is 0.251 e. The van der Waals surface area contributed by atoms with Gasteiger partial charge in [-0.25, -0.2) is 4.39 Å². The highest BCUT2D eigenvalue weighted by Crippen LogP contribution is 2.25. The van der Waals surface area contributed by atoms with Gasteiger partial charge in [0, 0.05) is 41.8 Å². The molecule has 130 valence electrons. The summed E-state index contributed by atoms with van der Waals surface area (Å²) in [5, 5.41) is 14.0. The molecule has 3 rings (SSSR count). The number of amides is 1. The first-order chi connectivity index (χ1) is 12.0. The third-order valence-corrected chi connectivity index (χ3v) is 4.16. The Labute approximate surface area is 144 Å². The predicted molar refractivity (Wildman–Crippen MR) is 93.2 cm³/mol. The van der Waals surface area contributed by atoms with Gasteiger partial charge in [0.2, 0.25) is 0 Å². The highest BCUT2D eigenvalue weighted by atomic mass is 19.1. The standard InChI is InChI=1S/C19H19FN2O3/c1-22-11-14(13-5-3-4-6-16(13)22)17(23)10-21-19(24)12-7-8-18(25-2)15(20)9-12/h3-9,11,17,23H,10H2,1-2H3,(H,21,24)/t17-/m0/s1. The fourth-order valence-electron chi connectivity index (χ4n) is 2.85. The molecule has 1 atom stereocenters. The minimum atomic E-state index is -0.863. The van der Waals surface area contributed by atoms with Crippen LogP contribution in [0.15, 0.2) is 48.7 Å². The van der Waals surface area contributed by atoms with Crippen molar-refractivity contribution in [1.82, 2.24) is 9.88 Å². The molecule has 5 nitrogen and oxygen atoms in total. The molecule has 25 heavy (non-hydrogen) atoms. The molecule has 3 aromatic rings. The number of para-hydroxylation sites is 1. The van der Waals surface area contributed by atoms with Gasteiger partial charge in [-0.3, -0.25) is 4.79 Å². The van der Waals surface area contributed by atoms with Gasteiger partial charge in [0.15, 0.2) is 11.6 Å². The number of ether oxygens (including phenoxy) is 1. The topological polar surface area (TPSA) is 63.5 Å². The van der Waals surface area contributed by atoms with E-state index in [-0.39, 0.29) is 17.9 Å². The first kappa shape index (κ1) is 17.0. The van der Waals surface area contributed by atoms with E-state index in [0.717, 1.165) is 22.5 Å². The second kappa shape index (κ2) is 6.94. The summed E-state index contributed by atoms with van der Waals surface area (Å²) in [6.07, 6.45) is 0.979. The lowest BCUT2D eigenvalue weighted by Crippen LogP contribution is -2.28. The highest BCUT2D eigenvalue weighted by molar-refractivity contribution is 5.94. The van der Waals surface area contributed by atoms with E-state index in [4.69, 9.17) is 4.74 Å². The number of fused-ring (bicyclic) bond motifs is 1. The molecular formula is C19H19FN2O3. The summed E-state index contributed by atoms with van der Waals surface area (Å²) in [5.74, 6) is -0.988. The maximum atomic E-state index is 13.7. The second-order valence-corrected chi connectivity index (χ2v) is 5.79. The third-order valence-electron chi connectivity index (χ3n) is 4.16. The van der Waals surface area contributed by atoms with Crippen molar-refractivity contribution < 1.29 is 19.0 Å². The number of benzene rings is 2. The van der Waals surface area contributed by atoms with Crippen molar-refractivity contribution in [2.24, 2.45) is 7.05 Å². The molecule has 0 spiro atoms. The van der Waals surface area contributed by atoms with Crippen LogP contribution in [0.1, 0.15) is 22.0 Å². The van der Waals surface area contributed by atoms with E-state index in [9.17, 15) is 14.3 Å². The van der Waals surface area contributed by atoms with Gasteiger partial charge in [0.25, 0.3) is 5.91 Å². The minimum absolute atomic E-state index is 0.0283. The third kappa shape index (κ3) is 3.34. The zero-order chi connectivity index (χ0) is 18.0. The van der Waals surface area contributed by atoms with Crippen LogP contribution in [0.25, 0.3) is 10.9 Å². The number of aryl methyl sites for hydroxylation is 1. The largest absolute Gasteiger partial charge is 0.494 e. The molecule has 0 saturated carbocycles. The fraction of sp³-hybridized carbons (Fsp3) is 0.211. The van der Waals surface area contributed by atoms with Crippen molar-refractivity contribution in [3.8, 4) is 5.75 Å². The zero-order valence-electron chi connectivity index (χ0n) is 14.0. The minimum Gasteiger partial charge on any atom is -0.494 e. The van der Waals surface area contributed by atoms with Gasteiger partial charge in [-0.1, -0.05) is 18.2 Å². The lowest BCUT2D eigenvalue weighted by Gasteiger charge is -2.12. The molecule has 1 aromatic heterocycles. The van der Waals surface area contributed by atoms with Gasteiger partial charge in [-0.2, -0.15) is 0 Å². The Morgan fingerprint density at radius 3 is 2.80 bits per heavy atom. The monoisotopic (exact) mass is 342 g/mol. The van der Waals surface area contributed by atoms with Crippen molar-refractivity contribution in [3.05, 3.63) is 65.6 Å². The number of aromatic nitrogens is 1. The van der Waals surface area contributed by atoms with Gasteiger partial charge in [-0.15, -0.1) is 0 Å². The van der Waals surface area contributed by atoms with Crippen LogP contribution in [0.3, 0.4) is 0 Å². The lowest BCUT2D eigenvalue weighted by molar-refractivity contribution is 0.0916. The van der Waals surface area contributed by atoms with Crippen LogP contribution in [0.2, 0.25) is 0 Å². The fourth-order valence-corrected chi connectivity index (χ4v) is 2.85. The molecule has 0 aliphatic heterocycles. The Balaban J connectivity index is 1.72. The molecule has 0 unspecified atom stereocenters. The SMILES string of the molecule is COc1ccc(C(=O)NC[C@H](O)c2cn(C)c3ccccc23)cc1F. The average Bonchev–Trinajstić information content (AvgIpc) is 2.96. The summed E-state index contributed by atoms with van der Waals surface area (Å²) >= 11 is 0. The molecule has 0 radical (unpaired) electrons. The highest BCUT2D eigenvalue weighted by Gasteiger charge is 2.16. The van der Waals surface area contributed by atoms with Crippen molar-refractivity contribution in [3.63, 3.8) is 0 Å². The molecule has 2 aromatic carbocycles. The Morgan fingerprint density at radius 1 is 1.32 bits per heavy atom. The second-order valence-electron chi connectivity index (χ2n) is 5.79. The van der Waals surface area contributed by atoms with Crippen molar-refractivity contribution >= 4 is 16.8 Å². The van der Waals surface area contributed by atoms with E-state index in [2.05, 4.69) is 5.32 Å². The Kier molecular flexibility index (Phi) is 4.72. The smallest absolute Gasteiger partial charge is 0.251 e. The van der Waals surface area contributed by atoms with E-state index < -0.39 is 17.8 Å². The molecule has 0 saturated heterocycles. The first-order valence-corrected chi connectivity index (χ1v) is 7.85. The van der Waals surface area contributed by atoms with E-state index in [1.807, 2.05) is 42.1 Å². The number of aliphatic hydroxyl groups excluding tert-OH is 1. The first-order valence-electron chi connectivity index (χ1n) is 7.85. The zero-order valence-corrected chi connectivity index (χ0v) is 14.0. The van der Waals surface area contributed by atoms with Gasteiger partial charge in [-0.05, 0) is 24.3 Å². The number of carbonyl (C=O) groups is 1. The average molecular weight is 342 g/mol.